The van der Waals surface area contributed by atoms with Gasteiger partial charge in [0.25, 0.3) is 5.79 Å². The molecule has 4 heteroatoms. The molecule has 1 aromatic carbocycles. The second-order valence-corrected chi connectivity index (χ2v) is 3.40. The highest BCUT2D eigenvalue weighted by molar-refractivity contribution is 5.43. The van der Waals surface area contributed by atoms with Gasteiger partial charge >= 0.3 is 0 Å². The average Bonchev–Trinajstić information content (AvgIpc) is 2.40. The Balaban J connectivity index is 2.25. The molecule has 0 saturated heterocycles. The van der Waals surface area contributed by atoms with Crippen molar-refractivity contribution in [1.82, 2.24) is 0 Å². The minimum atomic E-state index is -0.870. The van der Waals surface area contributed by atoms with Crippen LogP contribution in [-0.4, -0.2) is 17.5 Å². The molecule has 0 aromatic heterocycles. The zero-order valence-corrected chi connectivity index (χ0v) is 7.79. The van der Waals surface area contributed by atoms with Crippen molar-refractivity contribution in [3.63, 3.8) is 0 Å². The van der Waals surface area contributed by atoms with Crippen molar-refractivity contribution in [3.05, 3.63) is 24.0 Å². The van der Waals surface area contributed by atoms with Crippen LogP contribution >= 0.6 is 0 Å². The summed E-state index contributed by atoms with van der Waals surface area (Å²) >= 11 is 0. The fourth-order valence-corrected chi connectivity index (χ4v) is 1.44. The lowest BCUT2D eigenvalue weighted by Crippen LogP contribution is -2.35. The normalized spacial score (nSPS) is 23.9. The zero-order chi connectivity index (χ0) is 10.2. The molecule has 0 fully saturated rings. The number of hydrogen-bond donors (Lipinski definition) is 1. The van der Waals surface area contributed by atoms with Crippen LogP contribution in [0.5, 0.6) is 11.5 Å². The fourth-order valence-electron chi connectivity index (χ4n) is 1.44. The van der Waals surface area contributed by atoms with Gasteiger partial charge in [0, 0.05) is 19.4 Å². The molecule has 3 nitrogen and oxygen atoms in total. The minimum Gasteiger partial charge on any atom is -0.449 e. The van der Waals surface area contributed by atoms with Gasteiger partial charge < -0.3 is 14.6 Å². The van der Waals surface area contributed by atoms with E-state index in [0.717, 1.165) is 0 Å². The van der Waals surface area contributed by atoms with Gasteiger partial charge in [-0.15, -0.1) is 0 Å². The van der Waals surface area contributed by atoms with E-state index in [-0.39, 0.29) is 12.4 Å². The summed E-state index contributed by atoms with van der Waals surface area (Å²) in [5.74, 6) is -0.325. The molecular weight excluding hydrogens is 187 g/mol. The monoisotopic (exact) mass is 198 g/mol. The van der Waals surface area contributed by atoms with Crippen LogP contribution in [0.2, 0.25) is 0 Å². The second-order valence-electron chi connectivity index (χ2n) is 3.40. The summed E-state index contributed by atoms with van der Waals surface area (Å²) in [7, 11) is 0. The van der Waals surface area contributed by atoms with Crippen molar-refractivity contribution >= 4 is 0 Å². The lowest BCUT2D eigenvalue weighted by molar-refractivity contribution is -0.0769. The number of halogens is 1. The molecule has 0 aliphatic carbocycles. The Morgan fingerprint density at radius 2 is 2.07 bits per heavy atom. The molecule has 1 atom stereocenters. The molecule has 0 radical (unpaired) electrons. The number of aliphatic hydroxyl groups excluding tert-OH is 1. The van der Waals surface area contributed by atoms with Crippen LogP contribution in [0.1, 0.15) is 13.3 Å². The van der Waals surface area contributed by atoms with E-state index < -0.39 is 5.79 Å². The summed E-state index contributed by atoms with van der Waals surface area (Å²) in [5, 5.41) is 8.79. The number of benzene rings is 1. The third-order valence-electron chi connectivity index (χ3n) is 2.12. The van der Waals surface area contributed by atoms with Crippen molar-refractivity contribution in [2.45, 2.75) is 19.1 Å². The van der Waals surface area contributed by atoms with Crippen molar-refractivity contribution in [3.8, 4) is 11.5 Å². The van der Waals surface area contributed by atoms with Crippen LogP contribution in [0.3, 0.4) is 0 Å². The lowest BCUT2D eigenvalue weighted by Gasteiger charge is -2.21. The van der Waals surface area contributed by atoms with Crippen molar-refractivity contribution in [2.24, 2.45) is 0 Å². The summed E-state index contributed by atoms with van der Waals surface area (Å²) in [5.41, 5.74) is 0. The Hall–Kier alpha value is -1.29. The molecule has 1 aliphatic rings. The summed E-state index contributed by atoms with van der Waals surface area (Å²) in [6, 6.07) is 4.11. The number of aliphatic hydroxyl groups is 1. The maximum absolute atomic E-state index is 12.8. The van der Waals surface area contributed by atoms with Gasteiger partial charge in [-0.05, 0) is 12.1 Å². The largest absolute Gasteiger partial charge is 0.449 e. The van der Waals surface area contributed by atoms with E-state index in [0.29, 0.717) is 17.9 Å². The van der Waals surface area contributed by atoms with Crippen molar-refractivity contribution in [2.75, 3.05) is 6.61 Å². The van der Waals surface area contributed by atoms with E-state index in [1.165, 1.54) is 18.2 Å². The molecular formula is C10H11FO3. The first-order chi connectivity index (χ1) is 6.63. The second kappa shape index (κ2) is 3.13. The molecule has 1 unspecified atom stereocenters. The highest BCUT2D eigenvalue weighted by Crippen LogP contribution is 2.40. The Morgan fingerprint density at radius 3 is 2.79 bits per heavy atom. The fraction of sp³-hybridized carbons (Fsp3) is 0.400. The highest BCUT2D eigenvalue weighted by atomic mass is 19.1. The first kappa shape index (κ1) is 9.27. The minimum absolute atomic E-state index is 0.0348. The van der Waals surface area contributed by atoms with Gasteiger partial charge in [0.2, 0.25) is 0 Å². The molecule has 1 aromatic rings. The Labute approximate surface area is 81.1 Å². The Bertz CT molecular complexity index is 353. The zero-order valence-electron chi connectivity index (χ0n) is 7.79. The molecule has 14 heavy (non-hydrogen) atoms. The third kappa shape index (κ3) is 1.53. The molecule has 0 spiro atoms. The van der Waals surface area contributed by atoms with Gasteiger partial charge in [-0.1, -0.05) is 0 Å². The Kier molecular flexibility index (Phi) is 2.07. The van der Waals surface area contributed by atoms with Crippen molar-refractivity contribution < 1.29 is 19.0 Å². The van der Waals surface area contributed by atoms with Crippen LogP contribution in [0.25, 0.3) is 0 Å². The van der Waals surface area contributed by atoms with E-state index in [2.05, 4.69) is 0 Å². The standard InChI is InChI=1S/C10H11FO3/c1-10(4-5-12)13-8-3-2-7(11)6-9(8)14-10/h2-3,6,12H,4-5H2,1H3. The summed E-state index contributed by atoms with van der Waals surface area (Å²) in [6.07, 6.45) is 0.350. The smallest absolute Gasteiger partial charge is 0.251 e. The number of fused-ring (bicyclic) bond motifs is 1. The summed E-state index contributed by atoms with van der Waals surface area (Å²) in [4.78, 5) is 0. The first-order valence-corrected chi connectivity index (χ1v) is 4.41. The maximum Gasteiger partial charge on any atom is 0.251 e. The quantitative estimate of drug-likeness (QED) is 0.786. The first-order valence-electron chi connectivity index (χ1n) is 4.41. The Morgan fingerprint density at radius 1 is 1.36 bits per heavy atom. The van der Waals surface area contributed by atoms with E-state index in [1.54, 1.807) is 6.92 Å². The van der Waals surface area contributed by atoms with Crippen LogP contribution in [0.4, 0.5) is 4.39 Å². The van der Waals surface area contributed by atoms with Gasteiger partial charge in [0.05, 0.1) is 6.61 Å². The highest BCUT2D eigenvalue weighted by Gasteiger charge is 2.36. The van der Waals surface area contributed by atoms with Crippen LogP contribution in [-0.2, 0) is 0 Å². The average molecular weight is 198 g/mol. The third-order valence-corrected chi connectivity index (χ3v) is 2.12. The van der Waals surface area contributed by atoms with Crippen LogP contribution in [0.15, 0.2) is 18.2 Å². The summed E-state index contributed by atoms with van der Waals surface area (Å²) in [6.45, 7) is 1.67. The van der Waals surface area contributed by atoms with Crippen molar-refractivity contribution in [1.29, 1.82) is 0 Å². The molecule has 1 N–H and O–H groups in total. The van der Waals surface area contributed by atoms with E-state index >= 15 is 0 Å². The van der Waals surface area contributed by atoms with Gasteiger partial charge in [-0.2, -0.15) is 0 Å². The van der Waals surface area contributed by atoms with E-state index in [9.17, 15) is 4.39 Å². The number of rotatable bonds is 2. The van der Waals surface area contributed by atoms with Gasteiger partial charge in [-0.25, -0.2) is 4.39 Å². The van der Waals surface area contributed by atoms with E-state index in [1.807, 2.05) is 0 Å². The van der Waals surface area contributed by atoms with Gasteiger partial charge in [0.15, 0.2) is 11.5 Å². The topological polar surface area (TPSA) is 38.7 Å². The molecule has 2 rings (SSSR count). The predicted molar refractivity (Wildman–Crippen MR) is 47.8 cm³/mol. The van der Waals surface area contributed by atoms with E-state index in [4.69, 9.17) is 14.6 Å². The molecule has 76 valence electrons. The van der Waals surface area contributed by atoms with Crippen LogP contribution in [0, 0.1) is 5.82 Å². The van der Waals surface area contributed by atoms with Gasteiger partial charge in [0.1, 0.15) is 5.82 Å². The molecule has 0 bridgehead atoms. The molecule has 1 heterocycles. The molecule has 1 aliphatic heterocycles. The predicted octanol–water partition coefficient (Wildman–Crippen LogP) is 1.70. The lowest BCUT2D eigenvalue weighted by atomic mass is 10.2. The van der Waals surface area contributed by atoms with Crippen LogP contribution < -0.4 is 9.47 Å². The summed E-state index contributed by atoms with van der Waals surface area (Å²) < 4.78 is 23.6. The molecule has 0 amide bonds. The molecule has 0 saturated carbocycles. The number of hydrogen-bond acceptors (Lipinski definition) is 3. The SMILES string of the molecule is CC1(CCO)Oc2ccc(F)cc2O1. The number of ether oxygens (including phenoxy) is 2. The van der Waals surface area contributed by atoms with Gasteiger partial charge in [-0.3, -0.25) is 0 Å². The maximum atomic E-state index is 12.8.